The second-order valence-corrected chi connectivity index (χ2v) is 15.2. The largest absolute Gasteiger partial charge is 0.309 e. The first kappa shape index (κ1) is 35.2. The van der Waals surface area contributed by atoms with Crippen LogP contribution in [0.5, 0.6) is 0 Å². The summed E-state index contributed by atoms with van der Waals surface area (Å²) in [4.78, 5) is 0. The van der Waals surface area contributed by atoms with Crippen LogP contribution in [0.4, 0.5) is 0 Å². The van der Waals surface area contributed by atoms with Crippen molar-refractivity contribution < 1.29 is 0 Å². The Morgan fingerprint density at radius 2 is 0.767 bits per heavy atom. The molecule has 0 aliphatic carbocycles. The van der Waals surface area contributed by atoms with E-state index in [1.165, 1.54) is 60.8 Å². The Labute approximate surface area is 349 Å². The van der Waals surface area contributed by atoms with Gasteiger partial charge in [0.2, 0.25) is 0 Å². The molecule has 0 saturated carbocycles. The molecule has 3 nitrogen and oxygen atoms in total. The third kappa shape index (κ3) is 6.30. The highest BCUT2D eigenvalue weighted by Crippen LogP contribution is 2.41. The Morgan fingerprint density at radius 1 is 0.283 bits per heavy atom. The van der Waals surface area contributed by atoms with E-state index >= 15 is 0 Å². The van der Waals surface area contributed by atoms with E-state index in [1.807, 2.05) is 6.07 Å². The van der Waals surface area contributed by atoms with Crippen molar-refractivity contribution in [2.45, 2.75) is 0 Å². The molecule has 0 aliphatic rings. The Morgan fingerprint density at radius 3 is 1.45 bits per heavy atom. The van der Waals surface area contributed by atoms with E-state index in [-0.39, 0.29) is 0 Å². The van der Waals surface area contributed by atoms with Crippen LogP contribution < -0.4 is 0 Å². The van der Waals surface area contributed by atoms with Gasteiger partial charge in [0.25, 0.3) is 0 Å². The van der Waals surface area contributed by atoms with Gasteiger partial charge >= 0.3 is 0 Å². The summed E-state index contributed by atoms with van der Waals surface area (Å²) in [6.07, 6.45) is 0. The van der Waals surface area contributed by atoms with Gasteiger partial charge in [0.05, 0.1) is 28.1 Å². The lowest BCUT2D eigenvalue weighted by Gasteiger charge is -2.16. The lowest BCUT2D eigenvalue weighted by molar-refractivity contribution is 0.892. The molecular weight excluding hydrogens is 727 g/mol. The van der Waals surface area contributed by atoms with E-state index in [9.17, 15) is 0 Å². The molecule has 0 aliphatic heterocycles. The van der Waals surface area contributed by atoms with E-state index < -0.39 is 0 Å². The molecule has 0 fully saturated rings. The van der Waals surface area contributed by atoms with Crippen LogP contribution in [-0.2, 0) is 0 Å². The molecule has 282 valence electrons. The SMILES string of the molecule is c1ccc(-c2ccc(-c3cc(-c4ccccc4)nn3-c3ccc(-c4ccccc4-c4ccccc4-c4ccc5c(c4)c4ccccc4n5-c4ccccc4)cc3)cc2)cc1. The minimum absolute atomic E-state index is 0.937. The fraction of sp³-hybridized carbons (Fsp3) is 0. The topological polar surface area (TPSA) is 22.8 Å². The molecule has 0 amide bonds. The fourth-order valence-corrected chi connectivity index (χ4v) is 8.71. The predicted molar refractivity (Wildman–Crippen MR) is 251 cm³/mol. The summed E-state index contributed by atoms with van der Waals surface area (Å²) >= 11 is 0. The van der Waals surface area contributed by atoms with Crippen LogP contribution >= 0.6 is 0 Å². The predicted octanol–water partition coefficient (Wildman–Crippen LogP) is 15.0. The third-order valence-corrected chi connectivity index (χ3v) is 11.6. The summed E-state index contributed by atoms with van der Waals surface area (Å²) < 4.78 is 4.45. The van der Waals surface area contributed by atoms with Crippen LogP contribution in [0.15, 0.2) is 237 Å². The highest BCUT2D eigenvalue weighted by molar-refractivity contribution is 6.11. The quantitative estimate of drug-likeness (QED) is 0.151. The van der Waals surface area contributed by atoms with Crippen LogP contribution in [0, 0.1) is 0 Å². The average molecular weight is 766 g/mol. The van der Waals surface area contributed by atoms with E-state index in [4.69, 9.17) is 5.10 Å². The van der Waals surface area contributed by atoms with Crippen LogP contribution in [0.25, 0.3) is 100 Å². The van der Waals surface area contributed by atoms with Crippen molar-refractivity contribution in [2.75, 3.05) is 0 Å². The van der Waals surface area contributed by atoms with Crippen molar-refractivity contribution in [3.05, 3.63) is 237 Å². The molecule has 11 aromatic rings. The zero-order valence-corrected chi connectivity index (χ0v) is 32.9. The molecule has 2 aromatic heterocycles. The number of aromatic nitrogens is 3. The molecule has 9 aromatic carbocycles. The highest BCUT2D eigenvalue weighted by Gasteiger charge is 2.18. The monoisotopic (exact) mass is 765 g/mol. The Kier molecular flexibility index (Phi) is 8.83. The first-order valence-corrected chi connectivity index (χ1v) is 20.5. The van der Waals surface area contributed by atoms with Gasteiger partial charge in [-0.15, -0.1) is 0 Å². The number of benzene rings is 9. The summed E-state index contributed by atoms with van der Waals surface area (Å²) in [7, 11) is 0. The first-order chi connectivity index (χ1) is 29.8. The van der Waals surface area contributed by atoms with Crippen LogP contribution in [0.3, 0.4) is 0 Å². The Balaban J connectivity index is 0.976. The Hall–Kier alpha value is -8.01. The number of fused-ring (bicyclic) bond motifs is 3. The second-order valence-electron chi connectivity index (χ2n) is 15.2. The summed E-state index contributed by atoms with van der Waals surface area (Å²) in [6.45, 7) is 0. The number of nitrogens with zero attached hydrogens (tertiary/aromatic N) is 3. The smallest absolute Gasteiger partial charge is 0.0934 e. The molecule has 0 N–H and O–H groups in total. The van der Waals surface area contributed by atoms with Gasteiger partial charge in [-0.05, 0) is 93.0 Å². The molecule has 3 heteroatoms. The van der Waals surface area contributed by atoms with Gasteiger partial charge in [0.1, 0.15) is 0 Å². The van der Waals surface area contributed by atoms with Gasteiger partial charge in [-0.2, -0.15) is 5.10 Å². The van der Waals surface area contributed by atoms with Gasteiger partial charge in [0, 0.05) is 27.6 Å². The normalized spacial score (nSPS) is 11.3. The molecule has 0 unspecified atom stereocenters. The summed E-state index contributed by atoms with van der Waals surface area (Å²) in [5.74, 6) is 0. The van der Waals surface area contributed by atoms with Gasteiger partial charge in [-0.25, -0.2) is 4.68 Å². The average Bonchev–Trinajstić information content (AvgIpc) is 3.93. The maximum Gasteiger partial charge on any atom is 0.0934 e. The highest BCUT2D eigenvalue weighted by atomic mass is 15.3. The zero-order valence-electron chi connectivity index (χ0n) is 32.9. The molecular formula is C57H39N3. The van der Waals surface area contributed by atoms with Crippen LogP contribution in [0.2, 0.25) is 0 Å². The summed E-state index contributed by atoms with van der Waals surface area (Å²) in [6, 6.07) is 84.6. The lowest BCUT2D eigenvalue weighted by atomic mass is 9.89. The molecule has 2 heterocycles. The maximum atomic E-state index is 5.19. The van der Waals surface area contributed by atoms with E-state index in [0.717, 1.165) is 39.5 Å². The number of para-hydroxylation sites is 2. The Bertz CT molecular complexity index is 3270. The van der Waals surface area contributed by atoms with Crippen molar-refractivity contribution in [3.8, 4) is 78.4 Å². The number of hydrogen-bond acceptors (Lipinski definition) is 1. The second kappa shape index (κ2) is 15.1. The maximum absolute atomic E-state index is 5.19. The van der Waals surface area contributed by atoms with Gasteiger partial charge in [0.15, 0.2) is 0 Å². The van der Waals surface area contributed by atoms with Crippen molar-refractivity contribution in [1.82, 2.24) is 14.3 Å². The number of rotatable bonds is 8. The molecule has 60 heavy (non-hydrogen) atoms. The van der Waals surface area contributed by atoms with Crippen molar-refractivity contribution >= 4 is 21.8 Å². The van der Waals surface area contributed by atoms with E-state index in [1.54, 1.807) is 0 Å². The van der Waals surface area contributed by atoms with Crippen molar-refractivity contribution in [2.24, 2.45) is 0 Å². The van der Waals surface area contributed by atoms with Gasteiger partial charge in [-0.1, -0.05) is 188 Å². The zero-order chi connectivity index (χ0) is 39.8. The third-order valence-electron chi connectivity index (χ3n) is 11.6. The molecule has 0 atom stereocenters. The minimum Gasteiger partial charge on any atom is -0.309 e. The van der Waals surface area contributed by atoms with Crippen LogP contribution in [0.1, 0.15) is 0 Å². The standard InChI is InChI=1S/C57H39N3/c1-4-16-40(17-5-1)41-28-30-44(31-29-41)57-39-54(43-18-6-2-7-19-43)58-60(57)47-35-32-42(33-36-47)48-22-10-12-24-50(48)51-25-13-11-23-49(51)45-34-37-56-53(38-45)52-26-14-15-27-55(52)59(56)46-20-8-3-9-21-46/h1-39H. The summed E-state index contributed by atoms with van der Waals surface area (Å²) in [5, 5.41) is 7.68. The lowest BCUT2D eigenvalue weighted by Crippen LogP contribution is -1.99. The van der Waals surface area contributed by atoms with Crippen LogP contribution in [-0.4, -0.2) is 14.3 Å². The van der Waals surface area contributed by atoms with E-state index in [0.29, 0.717) is 0 Å². The molecule has 0 radical (unpaired) electrons. The molecule has 11 rings (SSSR count). The fourth-order valence-electron chi connectivity index (χ4n) is 8.71. The molecule has 0 spiro atoms. The molecule has 0 saturated heterocycles. The minimum atomic E-state index is 0.937. The summed E-state index contributed by atoms with van der Waals surface area (Å²) in [5.41, 5.74) is 18.2. The first-order valence-electron chi connectivity index (χ1n) is 20.5. The van der Waals surface area contributed by atoms with Gasteiger partial charge in [-0.3, -0.25) is 0 Å². The number of hydrogen-bond donors (Lipinski definition) is 0. The van der Waals surface area contributed by atoms with Crippen molar-refractivity contribution in [1.29, 1.82) is 0 Å². The molecule has 0 bridgehead atoms. The van der Waals surface area contributed by atoms with Gasteiger partial charge < -0.3 is 4.57 Å². The van der Waals surface area contributed by atoms with Crippen molar-refractivity contribution in [3.63, 3.8) is 0 Å². The van der Waals surface area contributed by atoms with E-state index in [2.05, 4.69) is 240 Å².